The highest BCUT2D eigenvalue weighted by atomic mass is 35.5. The van der Waals surface area contributed by atoms with Gasteiger partial charge in [-0.2, -0.15) is 4.98 Å². The minimum atomic E-state index is 0.343. The van der Waals surface area contributed by atoms with Crippen LogP contribution in [-0.4, -0.2) is 35.6 Å². The number of benzene rings is 1. The van der Waals surface area contributed by atoms with Crippen LogP contribution in [0.4, 0.5) is 11.8 Å². The second-order valence-corrected chi connectivity index (χ2v) is 8.18. The Kier molecular flexibility index (Phi) is 3.33. The summed E-state index contributed by atoms with van der Waals surface area (Å²) >= 11 is 7.86. The molecule has 1 aromatic carbocycles. The molecule has 2 unspecified atom stereocenters. The van der Waals surface area contributed by atoms with Crippen LogP contribution in [0.5, 0.6) is 0 Å². The minimum absolute atomic E-state index is 0.343. The fourth-order valence-corrected chi connectivity index (χ4v) is 5.49. The molecular weight excluding hydrogens is 342 g/mol. The van der Waals surface area contributed by atoms with Crippen molar-refractivity contribution in [3.8, 4) is 0 Å². The molecule has 124 valence electrons. The summed E-state index contributed by atoms with van der Waals surface area (Å²) in [5.41, 5.74) is 6.97. The molecular formula is C17H18ClN5S. The Labute approximate surface area is 148 Å². The highest BCUT2D eigenvalue weighted by Crippen LogP contribution is 2.40. The van der Waals surface area contributed by atoms with E-state index in [0.717, 1.165) is 50.8 Å². The Morgan fingerprint density at radius 1 is 1.29 bits per heavy atom. The van der Waals surface area contributed by atoms with Gasteiger partial charge in [-0.15, -0.1) is 11.3 Å². The van der Waals surface area contributed by atoms with Crippen molar-refractivity contribution in [3.05, 3.63) is 23.2 Å². The van der Waals surface area contributed by atoms with E-state index >= 15 is 0 Å². The average molecular weight is 360 g/mol. The maximum atomic E-state index is 6.15. The van der Waals surface area contributed by atoms with Crippen molar-refractivity contribution in [2.24, 2.45) is 5.92 Å². The first-order chi connectivity index (χ1) is 11.7. The van der Waals surface area contributed by atoms with E-state index in [1.54, 1.807) is 11.3 Å². The lowest BCUT2D eigenvalue weighted by Gasteiger charge is -2.24. The van der Waals surface area contributed by atoms with Gasteiger partial charge in [-0.3, -0.25) is 0 Å². The highest BCUT2D eigenvalue weighted by molar-refractivity contribution is 7.26. The van der Waals surface area contributed by atoms with E-state index in [9.17, 15) is 0 Å². The van der Waals surface area contributed by atoms with Gasteiger partial charge in [0.2, 0.25) is 5.95 Å². The highest BCUT2D eigenvalue weighted by Gasteiger charge is 2.35. The van der Waals surface area contributed by atoms with Gasteiger partial charge in [-0.25, -0.2) is 4.98 Å². The lowest BCUT2D eigenvalue weighted by molar-refractivity contribution is 0.340. The van der Waals surface area contributed by atoms with Crippen LogP contribution in [0, 0.1) is 5.92 Å². The molecule has 0 aliphatic carbocycles. The van der Waals surface area contributed by atoms with Crippen LogP contribution < -0.4 is 16.0 Å². The molecule has 2 atom stereocenters. The molecule has 3 N–H and O–H groups in total. The first kappa shape index (κ1) is 14.7. The summed E-state index contributed by atoms with van der Waals surface area (Å²) in [6.45, 7) is 3.15. The largest absolute Gasteiger partial charge is 0.368 e. The number of rotatable bonds is 1. The fraction of sp³-hybridized carbons (Fsp3) is 0.412. The van der Waals surface area contributed by atoms with E-state index in [-0.39, 0.29) is 0 Å². The molecule has 5 rings (SSSR count). The third-order valence-electron chi connectivity index (χ3n) is 5.17. The number of nitrogens with two attached hydrogens (primary N) is 1. The van der Waals surface area contributed by atoms with Gasteiger partial charge in [0, 0.05) is 34.2 Å². The maximum Gasteiger partial charge on any atom is 0.222 e. The zero-order valence-corrected chi connectivity index (χ0v) is 14.7. The van der Waals surface area contributed by atoms with Crippen LogP contribution in [0.15, 0.2) is 18.2 Å². The van der Waals surface area contributed by atoms with Crippen molar-refractivity contribution < 1.29 is 0 Å². The van der Waals surface area contributed by atoms with Gasteiger partial charge in [0.1, 0.15) is 0 Å². The maximum absolute atomic E-state index is 6.15. The number of nitrogen functional groups attached to an aromatic ring is 1. The average Bonchev–Trinajstić information content (AvgIpc) is 3.14. The predicted octanol–water partition coefficient (Wildman–Crippen LogP) is 3.27. The summed E-state index contributed by atoms with van der Waals surface area (Å²) in [5, 5.41) is 5.49. The van der Waals surface area contributed by atoms with Crippen molar-refractivity contribution in [2.45, 2.75) is 18.9 Å². The van der Waals surface area contributed by atoms with Crippen LogP contribution >= 0.6 is 22.9 Å². The number of thiophene rings is 1. The summed E-state index contributed by atoms with van der Waals surface area (Å²) in [6, 6.07) is 6.49. The number of hydrogen-bond donors (Lipinski definition) is 2. The van der Waals surface area contributed by atoms with Crippen molar-refractivity contribution in [3.63, 3.8) is 0 Å². The van der Waals surface area contributed by atoms with Gasteiger partial charge in [0.15, 0.2) is 5.82 Å². The summed E-state index contributed by atoms with van der Waals surface area (Å²) in [6.07, 6.45) is 2.55. The normalized spacial score (nSPS) is 24.0. The molecule has 5 nitrogen and oxygen atoms in total. The Balaban J connectivity index is 1.66. The SMILES string of the molecule is Nc1nc(N2CC3CCCNC3C2)c2sc3cc(Cl)ccc3c2n1. The molecule has 24 heavy (non-hydrogen) atoms. The molecule has 3 aromatic rings. The topological polar surface area (TPSA) is 67.1 Å². The number of anilines is 2. The summed E-state index contributed by atoms with van der Waals surface area (Å²) in [7, 11) is 0. The number of hydrogen-bond acceptors (Lipinski definition) is 6. The Bertz CT molecular complexity index is 926. The van der Waals surface area contributed by atoms with Gasteiger partial charge in [0.05, 0.1) is 10.2 Å². The second kappa shape index (κ2) is 5.44. The third kappa shape index (κ3) is 2.24. The van der Waals surface area contributed by atoms with Crippen LogP contribution in [0.3, 0.4) is 0 Å². The summed E-state index contributed by atoms with van der Waals surface area (Å²) in [5.74, 6) is 2.02. The van der Waals surface area contributed by atoms with Gasteiger partial charge in [-0.05, 0) is 43.5 Å². The quantitative estimate of drug-likeness (QED) is 0.698. The Hall–Kier alpha value is -1.63. The van der Waals surface area contributed by atoms with E-state index < -0.39 is 0 Å². The van der Waals surface area contributed by atoms with Crippen LogP contribution in [0.1, 0.15) is 12.8 Å². The molecule has 2 aromatic heterocycles. The van der Waals surface area contributed by atoms with E-state index in [4.69, 9.17) is 17.3 Å². The molecule has 0 bridgehead atoms. The minimum Gasteiger partial charge on any atom is -0.368 e. The van der Waals surface area contributed by atoms with Gasteiger partial charge in [-0.1, -0.05) is 11.6 Å². The van der Waals surface area contributed by atoms with Gasteiger partial charge in [0.25, 0.3) is 0 Å². The lowest BCUT2D eigenvalue weighted by Crippen LogP contribution is -2.40. The first-order valence-corrected chi connectivity index (χ1v) is 9.52. The molecule has 7 heteroatoms. The lowest BCUT2D eigenvalue weighted by atomic mass is 9.94. The van der Waals surface area contributed by atoms with E-state index in [0.29, 0.717) is 17.9 Å². The number of aromatic nitrogens is 2. The molecule has 0 amide bonds. The summed E-state index contributed by atoms with van der Waals surface area (Å²) < 4.78 is 2.24. The zero-order valence-electron chi connectivity index (χ0n) is 13.1. The zero-order chi connectivity index (χ0) is 16.3. The third-order valence-corrected chi connectivity index (χ3v) is 6.55. The van der Waals surface area contributed by atoms with Crippen LogP contribution in [-0.2, 0) is 0 Å². The van der Waals surface area contributed by atoms with E-state index in [1.165, 1.54) is 12.8 Å². The first-order valence-electron chi connectivity index (χ1n) is 8.32. The molecule has 4 heterocycles. The van der Waals surface area contributed by atoms with Crippen LogP contribution in [0.25, 0.3) is 20.3 Å². The van der Waals surface area contributed by atoms with Gasteiger partial charge >= 0.3 is 0 Å². The standard InChI is InChI=1S/C17H18ClN5S/c18-10-3-4-11-13(6-10)24-15-14(11)21-17(19)22-16(15)23-7-9-2-1-5-20-12(9)8-23/h3-4,6,9,12,20H,1-2,5,7-8H2,(H2,19,21,22). The molecule has 0 spiro atoms. The number of nitrogens with one attached hydrogen (secondary N) is 1. The number of fused-ring (bicyclic) bond motifs is 4. The van der Waals surface area contributed by atoms with Crippen molar-refractivity contribution >= 4 is 55.0 Å². The van der Waals surface area contributed by atoms with Gasteiger partial charge < -0.3 is 16.0 Å². The van der Waals surface area contributed by atoms with E-state index in [1.807, 2.05) is 18.2 Å². The van der Waals surface area contributed by atoms with Crippen molar-refractivity contribution in [1.29, 1.82) is 0 Å². The Morgan fingerprint density at radius 2 is 2.21 bits per heavy atom. The van der Waals surface area contributed by atoms with Crippen LogP contribution in [0.2, 0.25) is 5.02 Å². The monoisotopic (exact) mass is 359 g/mol. The molecule has 2 aliphatic rings. The van der Waals surface area contributed by atoms with Crippen molar-refractivity contribution in [1.82, 2.24) is 15.3 Å². The molecule has 2 saturated heterocycles. The second-order valence-electron chi connectivity index (χ2n) is 6.69. The number of piperidine rings is 1. The molecule has 2 aliphatic heterocycles. The summed E-state index contributed by atoms with van der Waals surface area (Å²) in [4.78, 5) is 11.5. The number of halogens is 1. The predicted molar refractivity (Wildman–Crippen MR) is 101 cm³/mol. The van der Waals surface area contributed by atoms with Crippen molar-refractivity contribution in [2.75, 3.05) is 30.3 Å². The number of nitrogens with zero attached hydrogens (tertiary/aromatic N) is 3. The van der Waals surface area contributed by atoms with E-state index in [2.05, 4.69) is 20.2 Å². The fourth-order valence-electron chi connectivity index (χ4n) is 4.05. The smallest absolute Gasteiger partial charge is 0.222 e. The molecule has 2 fully saturated rings. The molecule has 0 saturated carbocycles. The Morgan fingerprint density at radius 3 is 3.08 bits per heavy atom. The molecule has 0 radical (unpaired) electrons.